The lowest BCUT2D eigenvalue weighted by molar-refractivity contribution is -0.115. The summed E-state index contributed by atoms with van der Waals surface area (Å²) in [5.74, 6) is 1.38. The van der Waals surface area contributed by atoms with Gasteiger partial charge in [0.05, 0.1) is 0 Å². The van der Waals surface area contributed by atoms with Crippen LogP contribution in [0, 0.1) is 0 Å². The van der Waals surface area contributed by atoms with Gasteiger partial charge in [0.15, 0.2) is 10.9 Å². The van der Waals surface area contributed by atoms with Crippen LogP contribution in [0.1, 0.15) is 35.1 Å². The Hall–Kier alpha value is -3.71. The van der Waals surface area contributed by atoms with Gasteiger partial charge in [0.2, 0.25) is 5.91 Å². The molecule has 0 saturated heterocycles. The number of carbonyl (C=O) groups is 2. The van der Waals surface area contributed by atoms with Crippen molar-refractivity contribution in [2.45, 2.75) is 31.3 Å². The molecule has 4 aromatic rings. The monoisotopic (exact) mass is 470 g/mol. The van der Waals surface area contributed by atoms with E-state index in [-0.39, 0.29) is 11.7 Å². The van der Waals surface area contributed by atoms with Gasteiger partial charge in [-0.25, -0.2) is 0 Å². The van der Waals surface area contributed by atoms with Gasteiger partial charge in [-0.15, -0.1) is 10.2 Å². The maximum absolute atomic E-state index is 12.4. The maximum Gasteiger partial charge on any atom is 0.225 e. The lowest BCUT2D eigenvalue weighted by Gasteiger charge is -2.10. The highest BCUT2D eigenvalue weighted by atomic mass is 32.2. The number of Topliss-reactive ketones (excluding diaryl/α,β-unsaturated/α-hetero) is 1. The van der Waals surface area contributed by atoms with Gasteiger partial charge < -0.3 is 5.32 Å². The van der Waals surface area contributed by atoms with Crippen molar-refractivity contribution in [3.05, 3.63) is 102 Å². The van der Waals surface area contributed by atoms with E-state index in [1.54, 1.807) is 24.3 Å². The minimum absolute atomic E-state index is 0.0000538. The van der Waals surface area contributed by atoms with Crippen LogP contribution in [0.2, 0.25) is 0 Å². The summed E-state index contributed by atoms with van der Waals surface area (Å²) in [5.41, 5.74) is 3.56. The molecular formula is C27H26N4O2S. The summed E-state index contributed by atoms with van der Waals surface area (Å²) in [4.78, 5) is 23.8. The predicted octanol–water partition coefficient (Wildman–Crippen LogP) is 5.38. The topological polar surface area (TPSA) is 76.9 Å². The number of ketones is 1. The van der Waals surface area contributed by atoms with E-state index in [4.69, 9.17) is 0 Å². The van der Waals surface area contributed by atoms with E-state index in [1.807, 2.05) is 48.5 Å². The Kier molecular flexibility index (Phi) is 7.88. The zero-order valence-corrected chi connectivity index (χ0v) is 19.8. The number of amides is 1. The summed E-state index contributed by atoms with van der Waals surface area (Å²) in [6.07, 6.45) is 1.98. The third kappa shape index (κ3) is 6.20. The third-order valence-corrected chi connectivity index (χ3v) is 6.26. The lowest BCUT2D eigenvalue weighted by atomic mass is 10.1. The van der Waals surface area contributed by atoms with Crippen LogP contribution in [0.3, 0.4) is 0 Å². The molecule has 0 aliphatic heterocycles. The number of nitrogens with zero attached hydrogens (tertiary/aromatic N) is 3. The van der Waals surface area contributed by atoms with Gasteiger partial charge in [-0.2, -0.15) is 0 Å². The maximum atomic E-state index is 12.4. The average molecular weight is 471 g/mol. The second kappa shape index (κ2) is 11.4. The molecule has 0 fully saturated rings. The number of nitrogens with one attached hydrogen (secondary N) is 1. The smallest absolute Gasteiger partial charge is 0.225 e. The van der Waals surface area contributed by atoms with Gasteiger partial charge >= 0.3 is 0 Å². The first-order valence-corrected chi connectivity index (χ1v) is 12.2. The molecule has 0 unspecified atom stereocenters. The number of thioether (sulfide) groups is 1. The van der Waals surface area contributed by atoms with Crippen LogP contribution >= 0.6 is 11.8 Å². The average Bonchev–Trinajstić information content (AvgIpc) is 3.27. The van der Waals surface area contributed by atoms with E-state index in [0.717, 1.165) is 29.5 Å². The molecule has 3 aromatic carbocycles. The molecule has 6 nitrogen and oxygen atoms in total. The Labute approximate surface area is 203 Å². The number of hydrogen-bond donors (Lipinski definition) is 1. The highest BCUT2D eigenvalue weighted by Crippen LogP contribution is 2.24. The van der Waals surface area contributed by atoms with Crippen molar-refractivity contribution in [1.82, 2.24) is 14.8 Å². The van der Waals surface area contributed by atoms with Gasteiger partial charge in [-0.1, -0.05) is 60.3 Å². The fourth-order valence-corrected chi connectivity index (χ4v) is 4.45. The number of para-hydroxylation sites is 1. The van der Waals surface area contributed by atoms with Crippen LogP contribution in [-0.2, 0) is 17.6 Å². The number of rotatable bonds is 10. The standard InChI is InChI=1S/C27H26N4O2S/c1-20(32)22-13-15-23(16-14-22)28-26(33)18-19-34-27-30-29-25(17-12-21-8-4-2-5-9-21)31(27)24-10-6-3-7-11-24/h2-11,13-16H,12,17-19H2,1H3,(H,28,33). The molecule has 0 radical (unpaired) electrons. The number of aryl methyl sites for hydroxylation is 2. The van der Waals surface area contributed by atoms with Gasteiger partial charge in [0.25, 0.3) is 0 Å². The van der Waals surface area contributed by atoms with Gasteiger partial charge in [-0.05, 0) is 55.3 Å². The van der Waals surface area contributed by atoms with Gasteiger partial charge in [-0.3, -0.25) is 14.2 Å². The first kappa shape index (κ1) is 23.4. The normalized spacial score (nSPS) is 10.7. The van der Waals surface area contributed by atoms with E-state index in [1.165, 1.54) is 24.2 Å². The first-order chi connectivity index (χ1) is 16.6. The first-order valence-electron chi connectivity index (χ1n) is 11.2. The summed E-state index contributed by atoms with van der Waals surface area (Å²) in [5, 5.41) is 12.5. The fraction of sp³-hybridized carbons (Fsp3) is 0.185. The van der Waals surface area contributed by atoms with E-state index >= 15 is 0 Å². The van der Waals surface area contributed by atoms with Crippen LogP contribution < -0.4 is 5.32 Å². The fourth-order valence-electron chi connectivity index (χ4n) is 3.54. The predicted molar refractivity (Wildman–Crippen MR) is 136 cm³/mol. The Morgan fingerprint density at radius 2 is 1.53 bits per heavy atom. The molecule has 1 heterocycles. The van der Waals surface area contributed by atoms with E-state index < -0.39 is 0 Å². The van der Waals surface area contributed by atoms with Crippen molar-refractivity contribution >= 4 is 29.1 Å². The molecule has 7 heteroatoms. The van der Waals surface area contributed by atoms with Crippen LogP contribution in [0.5, 0.6) is 0 Å². The molecule has 1 amide bonds. The number of carbonyl (C=O) groups excluding carboxylic acids is 2. The number of benzene rings is 3. The molecule has 0 spiro atoms. The van der Waals surface area contributed by atoms with Crippen LogP contribution in [0.25, 0.3) is 5.69 Å². The minimum atomic E-state index is -0.0850. The highest BCUT2D eigenvalue weighted by Gasteiger charge is 2.15. The van der Waals surface area contributed by atoms with Crippen molar-refractivity contribution in [3.63, 3.8) is 0 Å². The second-order valence-electron chi connectivity index (χ2n) is 7.84. The van der Waals surface area contributed by atoms with Crippen molar-refractivity contribution < 1.29 is 9.59 Å². The lowest BCUT2D eigenvalue weighted by Crippen LogP contribution is -2.12. The molecule has 0 aliphatic carbocycles. The molecular weight excluding hydrogens is 444 g/mol. The van der Waals surface area contributed by atoms with Gasteiger partial charge in [0.1, 0.15) is 5.82 Å². The summed E-state index contributed by atoms with van der Waals surface area (Å²) in [6.45, 7) is 1.52. The molecule has 172 valence electrons. The molecule has 1 aromatic heterocycles. The summed E-state index contributed by atoms with van der Waals surface area (Å²) < 4.78 is 2.08. The van der Waals surface area contributed by atoms with Crippen molar-refractivity contribution in [2.24, 2.45) is 0 Å². The highest BCUT2D eigenvalue weighted by molar-refractivity contribution is 7.99. The summed E-state index contributed by atoms with van der Waals surface area (Å²) >= 11 is 1.51. The summed E-state index contributed by atoms with van der Waals surface area (Å²) in [6, 6.07) is 27.3. The zero-order chi connectivity index (χ0) is 23.8. The Morgan fingerprint density at radius 1 is 0.853 bits per heavy atom. The van der Waals surface area contributed by atoms with E-state index in [2.05, 4.69) is 32.2 Å². The third-order valence-electron chi connectivity index (χ3n) is 5.33. The van der Waals surface area contributed by atoms with Crippen molar-refractivity contribution in [2.75, 3.05) is 11.1 Å². The van der Waals surface area contributed by atoms with Crippen LogP contribution in [0.15, 0.2) is 90.1 Å². The van der Waals surface area contributed by atoms with E-state index in [9.17, 15) is 9.59 Å². The molecule has 0 atom stereocenters. The molecule has 0 bridgehead atoms. The second-order valence-corrected chi connectivity index (χ2v) is 8.90. The number of anilines is 1. The minimum Gasteiger partial charge on any atom is -0.326 e. The molecule has 0 saturated carbocycles. The molecule has 0 aliphatic rings. The Balaban J connectivity index is 1.39. The largest absolute Gasteiger partial charge is 0.326 e. The van der Waals surface area contributed by atoms with E-state index in [0.29, 0.717) is 23.4 Å². The molecule has 4 rings (SSSR count). The zero-order valence-electron chi connectivity index (χ0n) is 19.0. The quantitative estimate of drug-likeness (QED) is 0.249. The molecule has 1 N–H and O–H groups in total. The Bertz CT molecular complexity index is 1240. The Morgan fingerprint density at radius 3 is 2.21 bits per heavy atom. The van der Waals surface area contributed by atoms with Crippen molar-refractivity contribution in [1.29, 1.82) is 0 Å². The number of aromatic nitrogens is 3. The van der Waals surface area contributed by atoms with Crippen LogP contribution in [-0.4, -0.2) is 32.2 Å². The van der Waals surface area contributed by atoms with Crippen molar-refractivity contribution in [3.8, 4) is 5.69 Å². The number of hydrogen-bond acceptors (Lipinski definition) is 5. The molecule has 34 heavy (non-hydrogen) atoms. The SMILES string of the molecule is CC(=O)c1ccc(NC(=O)CCSc2nnc(CCc3ccccc3)n2-c2ccccc2)cc1. The van der Waals surface area contributed by atoms with Gasteiger partial charge in [0, 0.05) is 35.5 Å². The summed E-state index contributed by atoms with van der Waals surface area (Å²) in [7, 11) is 0. The van der Waals surface area contributed by atoms with Crippen LogP contribution in [0.4, 0.5) is 5.69 Å².